The van der Waals surface area contributed by atoms with E-state index in [4.69, 9.17) is 4.52 Å². The first-order valence-corrected chi connectivity index (χ1v) is 9.49. The predicted molar refractivity (Wildman–Crippen MR) is 101 cm³/mol. The number of hydrogen-bond acceptors (Lipinski definition) is 5. The minimum absolute atomic E-state index is 0.0118. The summed E-state index contributed by atoms with van der Waals surface area (Å²) in [6.45, 7) is 6.87. The lowest BCUT2D eigenvalue weighted by Crippen LogP contribution is -2.31. The van der Waals surface area contributed by atoms with Crippen molar-refractivity contribution in [2.45, 2.75) is 57.9 Å². The maximum absolute atomic E-state index is 12.8. The number of hydrogen-bond donors (Lipinski definition) is 1. The average Bonchev–Trinajstić information content (AvgIpc) is 3.36. The molecule has 1 fully saturated rings. The van der Waals surface area contributed by atoms with Crippen LogP contribution in [0.25, 0.3) is 11.0 Å². The SMILES string of the molecule is CC(C)(C)c1noc(CCC(=O)N2CCC[C@H]2c2nc3ccccc3[nH]2)n1. The van der Waals surface area contributed by atoms with Crippen LogP contribution < -0.4 is 0 Å². The van der Waals surface area contributed by atoms with Gasteiger partial charge in [0.1, 0.15) is 5.82 Å². The van der Waals surface area contributed by atoms with E-state index in [-0.39, 0.29) is 17.4 Å². The molecule has 1 saturated heterocycles. The van der Waals surface area contributed by atoms with E-state index in [2.05, 4.69) is 20.1 Å². The number of imidazole rings is 1. The van der Waals surface area contributed by atoms with E-state index in [0.717, 1.165) is 36.2 Å². The first-order valence-electron chi connectivity index (χ1n) is 9.49. The van der Waals surface area contributed by atoms with Crippen molar-refractivity contribution in [2.24, 2.45) is 0 Å². The molecule has 7 heteroatoms. The summed E-state index contributed by atoms with van der Waals surface area (Å²) in [5.41, 5.74) is 1.78. The zero-order valence-corrected chi connectivity index (χ0v) is 16.0. The molecule has 2 aromatic heterocycles. The number of aromatic amines is 1. The normalized spacial score (nSPS) is 17.7. The summed E-state index contributed by atoms with van der Waals surface area (Å²) in [6.07, 6.45) is 2.75. The van der Waals surface area contributed by atoms with Gasteiger partial charge in [-0.25, -0.2) is 4.98 Å². The summed E-state index contributed by atoms with van der Waals surface area (Å²) in [5, 5.41) is 4.02. The van der Waals surface area contributed by atoms with Crippen LogP contribution in [0, 0.1) is 0 Å². The molecule has 1 amide bonds. The highest BCUT2D eigenvalue weighted by molar-refractivity contribution is 5.78. The van der Waals surface area contributed by atoms with Crippen LogP contribution in [-0.2, 0) is 16.6 Å². The third-order valence-corrected chi connectivity index (χ3v) is 4.99. The number of aromatic nitrogens is 4. The van der Waals surface area contributed by atoms with Crippen LogP contribution in [0.5, 0.6) is 0 Å². The number of nitrogens with zero attached hydrogens (tertiary/aromatic N) is 4. The van der Waals surface area contributed by atoms with Gasteiger partial charge in [0.2, 0.25) is 11.8 Å². The molecule has 1 N–H and O–H groups in total. The standard InChI is InChI=1S/C20H25N5O2/c1-20(2,3)19-23-16(27-24-19)10-11-17(26)25-12-6-9-15(25)18-21-13-7-4-5-8-14(13)22-18/h4-5,7-8,15H,6,9-12H2,1-3H3,(H,21,22)/t15-/m0/s1. The van der Waals surface area contributed by atoms with Gasteiger partial charge in [-0.2, -0.15) is 4.98 Å². The summed E-state index contributed by atoms with van der Waals surface area (Å²) in [7, 11) is 0. The van der Waals surface area contributed by atoms with Gasteiger partial charge in [-0.05, 0) is 25.0 Å². The first kappa shape index (κ1) is 17.7. The molecule has 142 valence electrons. The molecule has 1 aromatic carbocycles. The highest BCUT2D eigenvalue weighted by Gasteiger charge is 2.32. The zero-order chi connectivity index (χ0) is 19.0. The van der Waals surface area contributed by atoms with Gasteiger partial charge in [-0.1, -0.05) is 38.1 Å². The van der Waals surface area contributed by atoms with E-state index in [9.17, 15) is 4.79 Å². The highest BCUT2D eigenvalue weighted by atomic mass is 16.5. The molecule has 0 aliphatic carbocycles. The molecule has 0 unspecified atom stereocenters. The molecular formula is C20H25N5O2. The largest absolute Gasteiger partial charge is 0.340 e. The minimum Gasteiger partial charge on any atom is -0.340 e. The summed E-state index contributed by atoms with van der Waals surface area (Å²) in [5.74, 6) is 2.17. The lowest BCUT2D eigenvalue weighted by atomic mass is 9.96. The maximum atomic E-state index is 12.8. The van der Waals surface area contributed by atoms with Crippen LogP contribution in [0.2, 0.25) is 0 Å². The number of fused-ring (bicyclic) bond motifs is 1. The van der Waals surface area contributed by atoms with Crippen molar-refractivity contribution >= 4 is 16.9 Å². The number of H-pyrrole nitrogens is 1. The van der Waals surface area contributed by atoms with Gasteiger partial charge in [-0.3, -0.25) is 4.79 Å². The van der Waals surface area contributed by atoms with Crippen LogP contribution in [0.15, 0.2) is 28.8 Å². The second-order valence-electron chi connectivity index (χ2n) is 8.15. The molecule has 1 aliphatic rings. The fourth-order valence-corrected chi connectivity index (χ4v) is 3.50. The van der Waals surface area contributed by atoms with Gasteiger partial charge in [0.25, 0.3) is 0 Å². The molecule has 0 saturated carbocycles. The number of carbonyl (C=O) groups excluding carboxylic acids is 1. The first-order chi connectivity index (χ1) is 12.9. The summed E-state index contributed by atoms with van der Waals surface area (Å²) >= 11 is 0. The number of aryl methyl sites for hydroxylation is 1. The number of para-hydroxylation sites is 2. The van der Waals surface area contributed by atoms with E-state index in [1.807, 2.05) is 49.9 Å². The van der Waals surface area contributed by atoms with Gasteiger partial charge < -0.3 is 14.4 Å². The van der Waals surface area contributed by atoms with Gasteiger partial charge in [-0.15, -0.1) is 0 Å². The van der Waals surface area contributed by atoms with Crippen molar-refractivity contribution in [1.82, 2.24) is 25.0 Å². The molecule has 0 bridgehead atoms. The van der Waals surface area contributed by atoms with E-state index < -0.39 is 0 Å². The third-order valence-electron chi connectivity index (χ3n) is 4.99. The smallest absolute Gasteiger partial charge is 0.227 e. The van der Waals surface area contributed by atoms with Gasteiger partial charge in [0, 0.05) is 24.8 Å². The second-order valence-corrected chi connectivity index (χ2v) is 8.15. The van der Waals surface area contributed by atoms with Crippen molar-refractivity contribution in [3.63, 3.8) is 0 Å². The molecule has 3 heterocycles. The number of benzene rings is 1. The van der Waals surface area contributed by atoms with Gasteiger partial charge >= 0.3 is 0 Å². The number of carbonyl (C=O) groups is 1. The fourth-order valence-electron chi connectivity index (χ4n) is 3.50. The number of likely N-dealkylation sites (tertiary alicyclic amines) is 1. The number of nitrogens with one attached hydrogen (secondary N) is 1. The minimum atomic E-state index is -0.160. The van der Waals surface area contributed by atoms with Crippen LogP contribution in [-0.4, -0.2) is 37.5 Å². The van der Waals surface area contributed by atoms with Gasteiger partial charge in [0.05, 0.1) is 17.1 Å². The van der Waals surface area contributed by atoms with Crippen molar-refractivity contribution < 1.29 is 9.32 Å². The van der Waals surface area contributed by atoms with E-state index in [1.54, 1.807) is 0 Å². The van der Waals surface area contributed by atoms with Crippen LogP contribution in [0.1, 0.15) is 63.6 Å². The van der Waals surface area contributed by atoms with E-state index in [0.29, 0.717) is 24.6 Å². The molecular weight excluding hydrogens is 342 g/mol. The lowest BCUT2D eigenvalue weighted by molar-refractivity contribution is -0.132. The van der Waals surface area contributed by atoms with Crippen LogP contribution >= 0.6 is 0 Å². The maximum Gasteiger partial charge on any atom is 0.227 e. The highest BCUT2D eigenvalue weighted by Crippen LogP contribution is 2.32. The average molecular weight is 367 g/mol. The molecule has 7 nitrogen and oxygen atoms in total. The van der Waals surface area contributed by atoms with Crippen molar-refractivity contribution in [1.29, 1.82) is 0 Å². The Morgan fingerprint density at radius 2 is 2.11 bits per heavy atom. The fraction of sp³-hybridized carbons (Fsp3) is 0.500. The van der Waals surface area contributed by atoms with Crippen LogP contribution in [0.4, 0.5) is 0 Å². The number of rotatable bonds is 4. The Bertz CT molecular complexity index is 920. The Hall–Kier alpha value is -2.70. The monoisotopic (exact) mass is 367 g/mol. The molecule has 0 spiro atoms. The second kappa shape index (κ2) is 6.79. The zero-order valence-electron chi connectivity index (χ0n) is 16.0. The van der Waals surface area contributed by atoms with Crippen molar-refractivity contribution in [3.8, 4) is 0 Å². The molecule has 1 aliphatic heterocycles. The van der Waals surface area contributed by atoms with Crippen molar-refractivity contribution in [2.75, 3.05) is 6.54 Å². The Balaban J connectivity index is 1.44. The molecule has 0 radical (unpaired) electrons. The topological polar surface area (TPSA) is 87.9 Å². The molecule has 27 heavy (non-hydrogen) atoms. The van der Waals surface area contributed by atoms with Crippen molar-refractivity contribution in [3.05, 3.63) is 41.8 Å². The predicted octanol–water partition coefficient (Wildman–Crippen LogP) is 3.54. The summed E-state index contributed by atoms with van der Waals surface area (Å²) in [6, 6.07) is 7.96. The van der Waals surface area contributed by atoms with E-state index >= 15 is 0 Å². The molecule has 1 atom stereocenters. The third kappa shape index (κ3) is 3.59. The molecule has 4 rings (SSSR count). The Morgan fingerprint density at radius 1 is 1.30 bits per heavy atom. The quantitative estimate of drug-likeness (QED) is 0.762. The lowest BCUT2D eigenvalue weighted by Gasteiger charge is -2.23. The van der Waals surface area contributed by atoms with Gasteiger partial charge in [0.15, 0.2) is 5.82 Å². The Morgan fingerprint density at radius 3 is 2.85 bits per heavy atom. The Labute approximate surface area is 158 Å². The van der Waals surface area contributed by atoms with E-state index in [1.165, 1.54) is 0 Å². The number of amides is 1. The summed E-state index contributed by atoms with van der Waals surface area (Å²) < 4.78 is 5.31. The van der Waals surface area contributed by atoms with Crippen LogP contribution in [0.3, 0.4) is 0 Å². The summed E-state index contributed by atoms with van der Waals surface area (Å²) in [4.78, 5) is 27.2. The Kier molecular flexibility index (Phi) is 4.45. The molecule has 3 aromatic rings.